The molecule has 4 nitrogen and oxygen atoms in total. The fourth-order valence-electron chi connectivity index (χ4n) is 2.23. The first-order valence-electron chi connectivity index (χ1n) is 5.79. The molecule has 0 bridgehead atoms. The van der Waals surface area contributed by atoms with Gasteiger partial charge in [0.25, 0.3) is 0 Å². The highest BCUT2D eigenvalue weighted by atomic mass is 15.3. The van der Waals surface area contributed by atoms with E-state index in [0.29, 0.717) is 0 Å². The molecule has 0 atom stereocenters. The van der Waals surface area contributed by atoms with Crippen molar-refractivity contribution in [1.29, 1.82) is 0 Å². The van der Waals surface area contributed by atoms with Crippen LogP contribution >= 0.6 is 0 Å². The zero-order chi connectivity index (χ0) is 11.9. The van der Waals surface area contributed by atoms with E-state index in [2.05, 4.69) is 21.1 Å². The Bertz CT molecular complexity index is 808. The van der Waals surface area contributed by atoms with Crippen molar-refractivity contribution in [3.8, 4) is 5.69 Å². The van der Waals surface area contributed by atoms with E-state index in [1.807, 2.05) is 47.4 Å². The molecule has 4 rings (SSSR count). The van der Waals surface area contributed by atoms with Crippen molar-refractivity contribution < 1.29 is 0 Å². The Balaban J connectivity index is 2.04. The summed E-state index contributed by atoms with van der Waals surface area (Å²) in [6.45, 7) is 0. The van der Waals surface area contributed by atoms with Gasteiger partial charge in [0.2, 0.25) is 0 Å². The van der Waals surface area contributed by atoms with Crippen LogP contribution in [-0.4, -0.2) is 19.7 Å². The molecule has 1 aromatic carbocycles. The molecule has 0 fully saturated rings. The summed E-state index contributed by atoms with van der Waals surface area (Å²) in [6, 6.07) is 12.1. The average molecular weight is 234 g/mol. The normalized spacial score (nSPS) is 11.3. The molecule has 0 unspecified atom stereocenters. The van der Waals surface area contributed by atoms with Crippen molar-refractivity contribution in [2.75, 3.05) is 0 Å². The molecule has 1 N–H and O–H groups in total. The number of aromatic nitrogens is 4. The van der Waals surface area contributed by atoms with E-state index in [4.69, 9.17) is 0 Å². The van der Waals surface area contributed by atoms with Gasteiger partial charge in [0.05, 0.1) is 11.2 Å². The predicted octanol–water partition coefficient (Wildman–Crippen LogP) is 2.90. The Hall–Kier alpha value is -2.62. The van der Waals surface area contributed by atoms with Crippen LogP contribution in [-0.2, 0) is 0 Å². The number of benzene rings is 1. The SMILES string of the molecule is c1ccc2nn(-c3ccnc4[nH]ccc34)cc2c1. The van der Waals surface area contributed by atoms with Crippen LogP contribution in [0.1, 0.15) is 0 Å². The smallest absolute Gasteiger partial charge is 0.139 e. The molecule has 0 saturated heterocycles. The lowest BCUT2D eigenvalue weighted by atomic mass is 10.2. The molecule has 0 aliphatic carbocycles. The van der Waals surface area contributed by atoms with Crippen LogP contribution in [0.2, 0.25) is 0 Å². The molecule has 4 aromatic rings. The molecule has 0 saturated carbocycles. The second kappa shape index (κ2) is 3.43. The molecular formula is C14H10N4. The summed E-state index contributed by atoms with van der Waals surface area (Å²) < 4.78 is 1.91. The molecule has 0 amide bonds. The van der Waals surface area contributed by atoms with Gasteiger partial charge in [-0.2, -0.15) is 5.10 Å². The molecule has 3 aromatic heterocycles. The summed E-state index contributed by atoms with van der Waals surface area (Å²) >= 11 is 0. The van der Waals surface area contributed by atoms with E-state index in [1.165, 1.54) is 0 Å². The molecule has 3 heterocycles. The fourth-order valence-corrected chi connectivity index (χ4v) is 2.23. The number of pyridine rings is 1. The van der Waals surface area contributed by atoms with Crippen molar-refractivity contribution in [3.05, 3.63) is 55.0 Å². The van der Waals surface area contributed by atoms with Gasteiger partial charge in [-0.3, -0.25) is 0 Å². The molecule has 4 heteroatoms. The van der Waals surface area contributed by atoms with Crippen LogP contribution in [0, 0.1) is 0 Å². The highest BCUT2D eigenvalue weighted by molar-refractivity contribution is 5.86. The molecular weight excluding hydrogens is 224 g/mol. The van der Waals surface area contributed by atoms with E-state index in [-0.39, 0.29) is 0 Å². The van der Waals surface area contributed by atoms with Crippen molar-refractivity contribution in [2.45, 2.75) is 0 Å². The zero-order valence-corrected chi connectivity index (χ0v) is 9.54. The fraction of sp³-hybridized carbons (Fsp3) is 0. The van der Waals surface area contributed by atoms with Gasteiger partial charge in [-0.1, -0.05) is 18.2 Å². The maximum atomic E-state index is 4.59. The van der Waals surface area contributed by atoms with Crippen LogP contribution in [0.4, 0.5) is 0 Å². The highest BCUT2D eigenvalue weighted by Gasteiger charge is 2.06. The Morgan fingerprint density at radius 1 is 1.06 bits per heavy atom. The maximum Gasteiger partial charge on any atom is 0.139 e. The van der Waals surface area contributed by atoms with Gasteiger partial charge in [0, 0.05) is 29.4 Å². The molecule has 0 radical (unpaired) electrons. The summed E-state index contributed by atoms with van der Waals surface area (Å²) in [5.41, 5.74) is 2.92. The minimum absolute atomic E-state index is 0.882. The Labute approximate surface area is 103 Å². The second-order valence-electron chi connectivity index (χ2n) is 4.20. The highest BCUT2D eigenvalue weighted by Crippen LogP contribution is 2.21. The number of nitrogens with one attached hydrogen (secondary N) is 1. The number of fused-ring (bicyclic) bond motifs is 2. The second-order valence-corrected chi connectivity index (χ2v) is 4.20. The predicted molar refractivity (Wildman–Crippen MR) is 70.7 cm³/mol. The zero-order valence-electron chi connectivity index (χ0n) is 9.54. The first-order valence-corrected chi connectivity index (χ1v) is 5.79. The van der Waals surface area contributed by atoms with Crippen molar-refractivity contribution in [2.24, 2.45) is 0 Å². The van der Waals surface area contributed by atoms with E-state index >= 15 is 0 Å². The summed E-state index contributed by atoms with van der Waals surface area (Å²) in [7, 11) is 0. The van der Waals surface area contributed by atoms with Crippen molar-refractivity contribution in [1.82, 2.24) is 19.7 Å². The van der Waals surface area contributed by atoms with Crippen LogP contribution in [0.5, 0.6) is 0 Å². The van der Waals surface area contributed by atoms with Gasteiger partial charge in [-0.15, -0.1) is 0 Å². The van der Waals surface area contributed by atoms with E-state index < -0.39 is 0 Å². The summed E-state index contributed by atoms with van der Waals surface area (Å²) in [4.78, 5) is 7.40. The largest absolute Gasteiger partial charge is 0.346 e. The van der Waals surface area contributed by atoms with Gasteiger partial charge in [0.1, 0.15) is 5.65 Å². The maximum absolute atomic E-state index is 4.59. The number of hydrogen-bond donors (Lipinski definition) is 1. The third kappa shape index (κ3) is 1.26. The van der Waals surface area contributed by atoms with Crippen LogP contribution < -0.4 is 0 Å². The Morgan fingerprint density at radius 2 is 2.00 bits per heavy atom. The Kier molecular flexibility index (Phi) is 1.80. The summed E-state index contributed by atoms with van der Waals surface area (Å²) in [5, 5.41) is 6.80. The summed E-state index contributed by atoms with van der Waals surface area (Å²) in [5.74, 6) is 0. The molecule has 0 aliphatic heterocycles. The first kappa shape index (κ1) is 9.41. The van der Waals surface area contributed by atoms with Crippen LogP contribution in [0.3, 0.4) is 0 Å². The van der Waals surface area contributed by atoms with Gasteiger partial charge < -0.3 is 4.98 Å². The van der Waals surface area contributed by atoms with E-state index in [9.17, 15) is 0 Å². The van der Waals surface area contributed by atoms with E-state index in [1.54, 1.807) is 6.20 Å². The summed E-state index contributed by atoms with van der Waals surface area (Å²) in [6.07, 6.45) is 5.72. The topological polar surface area (TPSA) is 46.5 Å². The quantitative estimate of drug-likeness (QED) is 0.550. The third-order valence-corrected chi connectivity index (χ3v) is 3.10. The van der Waals surface area contributed by atoms with E-state index in [0.717, 1.165) is 27.6 Å². The Morgan fingerprint density at radius 3 is 2.94 bits per heavy atom. The molecule has 86 valence electrons. The minimum atomic E-state index is 0.882. The van der Waals surface area contributed by atoms with Crippen LogP contribution in [0.25, 0.3) is 27.6 Å². The van der Waals surface area contributed by atoms with Gasteiger partial charge in [-0.05, 0) is 18.2 Å². The standard InChI is InChI=1S/C14H10N4/c1-2-4-12-10(3-1)9-18(17-12)13-6-8-16-14-11(13)5-7-15-14/h1-9H,(H,15,16). The lowest BCUT2D eigenvalue weighted by Crippen LogP contribution is -1.95. The lowest BCUT2D eigenvalue weighted by Gasteiger charge is -2.01. The lowest BCUT2D eigenvalue weighted by molar-refractivity contribution is 0.902. The molecule has 18 heavy (non-hydrogen) atoms. The van der Waals surface area contributed by atoms with Gasteiger partial charge >= 0.3 is 0 Å². The van der Waals surface area contributed by atoms with Crippen LogP contribution in [0.15, 0.2) is 55.0 Å². The molecule has 0 spiro atoms. The van der Waals surface area contributed by atoms with Gasteiger partial charge in [-0.25, -0.2) is 9.67 Å². The van der Waals surface area contributed by atoms with Crippen molar-refractivity contribution in [3.63, 3.8) is 0 Å². The number of nitrogens with zero attached hydrogens (tertiary/aromatic N) is 3. The number of rotatable bonds is 1. The number of H-pyrrole nitrogens is 1. The van der Waals surface area contributed by atoms with Crippen molar-refractivity contribution >= 4 is 21.9 Å². The molecule has 0 aliphatic rings. The third-order valence-electron chi connectivity index (χ3n) is 3.10. The minimum Gasteiger partial charge on any atom is -0.346 e. The monoisotopic (exact) mass is 234 g/mol. The average Bonchev–Trinajstić information content (AvgIpc) is 3.04. The number of hydrogen-bond acceptors (Lipinski definition) is 2. The number of aromatic amines is 1. The first-order chi connectivity index (χ1) is 8.92. The van der Waals surface area contributed by atoms with Gasteiger partial charge in [0.15, 0.2) is 0 Å².